The average molecular weight is 329 g/mol. The van der Waals surface area contributed by atoms with Gasteiger partial charge in [-0.1, -0.05) is 35.7 Å². The molecule has 1 nitrogen and oxygen atoms in total. The lowest BCUT2D eigenvalue weighted by Crippen LogP contribution is -2.12. The van der Waals surface area contributed by atoms with Gasteiger partial charge in [-0.05, 0) is 18.6 Å². The topological polar surface area (TPSA) is 20.2 Å². The van der Waals surface area contributed by atoms with E-state index in [1.54, 1.807) is 0 Å². The Morgan fingerprint density at radius 2 is 1.94 bits per heavy atom. The number of hydrogen-bond donors (Lipinski definition) is 1. The highest BCUT2D eigenvalue weighted by atomic mass is 79.9. The largest absolute Gasteiger partial charge is 0.419 e. The standard InChI is InChI=1S/C12H13BrF4O/c1-2-3-4-10(18)8-5-7(13)6-9(11(8)14)12(15,16)17/h5-6,10,18H,2-4H2,1H3. The lowest BCUT2D eigenvalue weighted by molar-refractivity contribution is -0.140. The van der Waals surface area contributed by atoms with Crippen molar-refractivity contribution in [3.05, 3.63) is 33.5 Å². The predicted molar refractivity (Wildman–Crippen MR) is 63.6 cm³/mol. The highest BCUT2D eigenvalue weighted by Crippen LogP contribution is 2.37. The third-order valence-electron chi connectivity index (χ3n) is 2.56. The van der Waals surface area contributed by atoms with E-state index < -0.39 is 23.7 Å². The lowest BCUT2D eigenvalue weighted by atomic mass is 10.0. The number of aliphatic hydroxyl groups is 1. The van der Waals surface area contributed by atoms with Gasteiger partial charge >= 0.3 is 6.18 Å². The van der Waals surface area contributed by atoms with Gasteiger partial charge in [-0.15, -0.1) is 0 Å². The Morgan fingerprint density at radius 3 is 2.44 bits per heavy atom. The number of benzene rings is 1. The Hall–Kier alpha value is -0.620. The molecular weight excluding hydrogens is 316 g/mol. The molecule has 1 N–H and O–H groups in total. The Bertz CT molecular complexity index is 417. The van der Waals surface area contributed by atoms with E-state index in [9.17, 15) is 22.7 Å². The van der Waals surface area contributed by atoms with E-state index in [-0.39, 0.29) is 16.5 Å². The Morgan fingerprint density at radius 1 is 1.33 bits per heavy atom. The second-order valence-electron chi connectivity index (χ2n) is 4.01. The van der Waals surface area contributed by atoms with Crippen molar-refractivity contribution in [2.24, 2.45) is 0 Å². The van der Waals surface area contributed by atoms with Gasteiger partial charge in [0.15, 0.2) is 0 Å². The first-order valence-electron chi connectivity index (χ1n) is 5.51. The van der Waals surface area contributed by atoms with Gasteiger partial charge in [-0.3, -0.25) is 0 Å². The van der Waals surface area contributed by atoms with Crippen LogP contribution in [0.5, 0.6) is 0 Å². The van der Waals surface area contributed by atoms with Crippen LogP contribution in [0.15, 0.2) is 16.6 Å². The molecule has 1 aromatic carbocycles. The minimum atomic E-state index is -4.77. The molecule has 0 aliphatic heterocycles. The summed E-state index contributed by atoms with van der Waals surface area (Å²) in [5.74, 6) is -1.39. The highest BCUT2D eigenvalue weighted by molar-refractivity contribution is 9.10. The van der Waals surface area contributed by atoms with Crippen molar-refractivity contribution in [1.82, 2.24) is 0 Å². The van der Waals surface area contributed by atoms with Gasteiger partial charge in [-0.25, -0.2) is 4.39 Å². The summed E-state index contributed by atoms with van der Waals surface area (Å²) in [6.07, 6.45) is -4.36. The first-order chi connectivity index (χ1) is 8.27. The van der Waals surface area contributed by atoms with Crippen molar-refractivity contribution < 1.29 is 22.7 Å². The third-order valence-corrected chi connectivity index (χ3v) is 3.02. The number of unbranched alkanes of at least 4 members (excludes halogenated alkanes) is 1. The fourth-order valence-corrected chi connectivity index (χ4v) is 2.09. The minimum absolute atomic E-state index is 0.0989. The molecule has 1 unspecified atom stereocenters. The van der Waals surface area contributed by atoms with E-state index in [4.69, 9.17) is 0 Å². The molecule has 0 radical (unpaired) electrons. The average Bonchev–Trinajstić information content (AvgIpc) is 2.27. The lowest BCUT2D eigenvalue weighted by Gasteiger charge is -2.16. The van der Waals surface area contributed by atoms with Gasteiger partial charge in [0.05, 0.1) is 11.7 Å². The van der Waals surface area contributed by atoms with Crippen LogP contribution in [0, 0.1) is 5.82 Å². The fraction of sp³-hybridized carbons (Fsp3) is 0.500. The van der Waals surface area contributed by atoms with Crippen LogP contribution >= 0.6 is 15.9 Å². The van der Waals surface area contributed by atoms with Gasteiger partial charge < -0.3 is 5.11 Å². The van der Waals surface area contributed by atoms with E-state index in [0.29, 0.717) is 12.5 Å². The van der Waals surface area contributed by atoms with Crippen LogP contribution < -0.4 is 0 Å². The SMILES string of the molecule is CCCCC(O)c1cc(Br)cc(C(F)(F)F)c1F. The molecule has 0 heterocycles. The maximum Gasteiger partial charge on any atom is 0.419 e. The molecular formula is C12H13BrF4O. The quantitative estimate of drug-likeness (QED) is 0.785. The smallest absolute Gasteiger partial charge is 0.388 e. The third kappa shape index (κ3) is 3.68. The first kappa shape index (κ1) is 15.4. The zero-order valence-corrected chi connectivity index (χ0v) is 11.3. The van der Waals surface area contributed by atoms with Gasteiger partial charge in [-0.2, -0.15) is 13.2 Å². The monoisotopic (exact) mass is 328 g/mol. The summed E-state index contributed by atoms with van der Waals surface area (Å²) in [5, 5.41) is 9.72. The normalized spacial score (nSPS) is 13.7. The van der Waals surface area contributed by atoms with Crippen molar-refractivity contribution >= 4 is 15.9 Å². The molecule has 0 fully saturated rings. The number of rotatable bonds is 4. The van der Waals surface area contributed by atoms with Crippen LogP contribution in [-0.4, -0.2) is 5.11 Å². The van der Waals surface area contributed by atoms with Crippen molar-refractivity contribution in [2.45, 2.75) is 38.5 Å². The molecule has 0 aliphatic carbocycles. The number of hydrogen-bond acceptors (Lipinski definition) is 1. The summed E-state index contributed by atoms with van der Waals surface area (Å²) in [6, 6.07) is 1.86. The fourth-order valence-electron chi connectivity index (χ4n) is 1.61. The van der Waals surface area contributed by atoms with Crippen LogP contribution in [0.3, 0.4) is 0 Å². The Balaban J connectivity index is 3.17. The Labute approximate surface area is 111 Å². The molecule has 0 aromatic heterocycles. The second-order valence-corrected chi connectivity index (χ2v) is 4.93. The van der Waals surface area contributed by atoms with Gasteiger partial charge in [0.1, 0.15) is 5.82 Å². The van der Waals surface area contributed by atoms with E-state index in [0.717, 1.165) is 6.42 Å². The summed E-state index contributed by atoms with van der Waals surface area (Å²) in [5.41, 5.74) is -1.67. The van der Waals surface area contributed by atoms with E-state index in [1.807, 2.05) is 6.92 Å². The summed E-state index contributed by atoms with van der Waals surface area (Å²) in [7, 11) is 0. The van der Waals surface area contributed by atoms with Crippen LogP contribution in [0.1, 0.15) is 43.4 Å². The zero-order valence-electron chi connectivity index (χ0n) is 9.69. The molecule has 1 rings (SSSR count). The van der Waals surface area contributed by atoms with E-state index in [2.05, 4.69) is 15.9 Å². The molecule has 6 heteroatoms. The zero-order chi connectivity index (χ0) is 13.9. The summed E-state index contributed by atoms with van der Waals surface area (Å²) in [4.78, 5) is 0. The molecule has 1 atom stereocenters. The summed E-state index contributed by atoms with van der Waals surface area (Å²) >= 11 is 2.90. The van der Waals surface area contributed by atoms with Crippen LogP contribution in [0.2, 0.25) is 0 Å². The summed E-state index contributed by atoms with van der Waals surface area (Å²) < 4.78 is 51.6. The second kappa shape index (κ2) is 6.02. The molecule has 1 aromatic rings. The summed E-state index contributed by atoms with van der Waals surface area (Å²) in [6.45, 7) is 1.88. The molecule has 0 aliphatic rings. The molecule has 0 spiro atoms. The molecule has 18 heavy (non-hydrogen) atoms. The predicted octanol–water partition coefficient (Wildman–Crippen LogP) is 4.83. The van der Waals surface area contributed by atoms with Crippen molar-refractivity contribution in [2.75, 3.05) is 0 Å². The van der Waals surface area contributed by atoms with E-state index >= 15 is 0 Å². The van der Waals surface area contributed by atoms with Crippen LogP contribution in [0.25, 0.3) is 0 Å². The molecule has 0 saturated carbocycles. The molecule has 0 saturated heterocycles. The minimum Gasteiger partial charge on any atom is -0.388 e. The molecule has 102 valence electrons. The Kier molecular flexibility index (Phi) is 5.16. The van der Waals surface area contributed by atoms with Gasteiger partial charge in [0.25, 0.3) is 0 Å². The van der Waals surface area contributed by atoms with Gasteiger partial charge in [0, 0.05) is 10.0 Å². The highest BCUT2D eigenvalue weighted by Gasteiger charge is 2.36. The van der Waals surface area contributed by atoms with Crippen LogP contribution in [-0.2, 0) is 6.18 Å². The van der Waals surface area contributed by atoms with Crippen molar-refractivity contribution in [1.29, 1.82) is 0 Å². The maximum atomic E-state index is 13.7. The van der Waals surface area contributed by atoms with E-state index in [1.165, 1.54) is 6.07 Å². The number of alkyl halides is 3. The number of halogens is 5. The number of aliphatic hydroxyl groups excluding tert-OH is 1. The van der Waals surface area contributed by atoms with Crippen molar-refractivity contribution in [3.8, 4) is 0 Å². The molecule has 0 amide bonds. The van der Waals surface area contributed by atoms with Crippen molar-refractivity contribution in [3.63, 3.8) is 0 Å². The maximum absolute atomic E-state index is 13.7. The van der Waals surface area contributed by atoms with Gasteiger partial charge in [0.2, 0.25) is 0 Å². The molecule has 0 bridgehead atoms. The first-order valence-corrected chi connectivity index (χ1v) is 6.30. The van der Waals surface area contributed by atoms with Crippen LogP contribution in [0.4, 0.5) is 17.6 Å².